The van der Waals surface area contributed by atoms with Crippen molar-refractivity contribution in [2.75, 3.05) is 6.54 Å². The fourth-order valence-electron chi connectivity index (χ4n) is 3.76. The van der Waals surface area contributed by atoms with Gasteiger partial charge in [0.1, 0.15) is 6.33 Å². The second kappa shape index (κ2) is 8.22. The van der Waals surface area contributed by atoms with Gasteiger partial charge in [-0.05, 0) is 74.1 Å². The van der Waals surface area contributed by atoms with Crippen LogP contribution in [0.4, 0.5) is 0 Å². The van der Waals surface area contributed by atoms with Crippen LogP contribution in [0, 0.1) is 11.8 Å². The number of nitrogens with one attached hydrogen (secondary N) is 1. The van der Waals surface area contributed by atoms with Crippen molar-refractivity contribution >= 4 is 5.91 Å². The van der Waals surface area contributed by atoms with Crippen molar-refractivity contribution in [3.63, 3.8) is 0 Å². The molecule has 2 aliphatic rings. The minimum Gasteiger partial charge on any atom is -0.356 e. The molecule has 0 bridgehead atoms. The van der Waals surface area contributed by atoms with Crippen LogP contribution < -0.4 is 5.32 Å². The van der Waals surface area contributed by atoms with Gasteiger partial charge in [0.15, 0.2) is 0 Å². The Morgan fingerprint density at radius 1 is 1.26 bits per heavy atom. The molecule has 0 aromatic carbocycles. The number of rotatable bonds is 6. The number of hydrogen-bond acceptors (Lipinski definition) is 4. The Morgan fingerprint density at radius 2 is 2.13 bits per heavy atom. The van der Waals surface area contributed by atoms with E-state index in [1.165, 1.54) is 31.3 Å². The third-order valence-electron chi connectivity index (χ3n) is 5.18. The lowest BCUT2D eigenvalue weighted by Gasteiger charge is -2.27. The van der Waals surface area contributed by atoms with Gasteiger partial charge in [0.05, 0.1) is 0 Å². The molecule has 6 heteroatoms. The van der Waals surface area contributed by atoms with Crippen LogP contribution in [0.2, 0.25) is 0 Å². The minimum atomic E-state index is 0.195. The molecule has 6 nitrogen and oxygen atoms in total. The quantitative estimate of drug-likeness (QED) is 0.818. The zero-order valence-electron chi connectivity index (χ0n) is 13.8. The summed E-state index contributed by atoms with van der Waals surface area (Å²) in [6.07, 6.45) is 14.3. The molecule has 0 radical (unpaired) electrons. The number of hydrogen-bond donors (Lipinski definition) is 1. The first kappa shape index (κ1) is 16.1. The van der Waals surface area contributed by atoms with E-state index in [2.05, 4.69) is 26.9 Å². The fourth-order valence-corrected chi connectivity index (χ4v) is 3.76. The number of carbonyl (C=O) groups is 1. The van der Waals surface area contributed by atoms with Gasteiger partial charge in [-0.3, -0.25) is 4.79 Å². The molecule has 1 aromatic heterocycles. The number of carbonyl (C=O) groups excluding carboxylic acids is 1. The molecule has 0 saturated heterocycles. The summed E-state index contributed by atoms with van der Waals surface area (Å²) in [6.45, 7) is 1.67. The van der Waals surface area contributed by atoms with Crippen LogP contribution in [0.5, 0.6) is 0 Å². The van der Waals surface area contributed by atoms with Crippen LogP contribution in [-0.2, 0) is 11.3 Å². The monoisotopic (exact) mass is 317 g/mol. The lowest BCUT2D eigenvalue weighted by Crippen LogP contribution is -2.34. The van der Waals surface area contributed by atoms with Gasteiger partial charge < -0.3 is 5.32 Å². The zero-order valence-corrected chi connectivity index (χ0v) is 13.8. The van der Waals surface area contributed by atoms with E-state index < -0.39 is 0 Å². The van der Waals surface area contributed by atoms with Gasteiger partial charge in [0.2, 0.25) is 5.91 Å². The van der Waals surface area contributed by atoms with Crippen molar-refractivity contribution in [1.29, 1.82) is 0 Å². The summed E-state index contributed by atoms with van der Waals surface area (Å²) in [4.78, 5) is 12.3. The molecule has 1 aromatic rings. The highest BCUT2D eigenvalue weighted by Crippen LogP contribution is 2.29. The molecule has 126 valence electrons. The van der Waals surface area contributed by atoms with Crippen LogP contribution >= 0.6 is 0 Å². The third kappa shape index (κ3) is 4.88. The molecule has 0 spiro atoms. The Balaban J connectivity index is 1.34. The maximum Gasteiger partial charge on any atom is 0.223 e. The summed E-state index contributed by atoms with van der Waals surface area (Å²) >= 11 is 0. The minimum absolute atomic E-state index is 0.195. The van der Waals surface area contributed by atoms with E-state index >= 15 is 0 Å². The molecule has 1 heterocycles. The summed E-state index contributed by atoms with van der Waals surface area (Å²) in [7, 11) is 0. The van der Waals surface area contributed by atoms with Gasteiger partial charge in [-0.25, -0.2) is 4.68 Å². The molecule has 0 atom stereocenters. The number of allylic oxidation sites excluding steroid dienone is 1. The van der Waals surface area contributed by atoms with Gasteiger partial charge in [-0.1, -0.05) is 11.6 Å². The molecule has 1 fully saturated rings. The first-order chi connectivity index (χ1) is 11.3. The maximum atomic E-state index is 12.3. The van der Waals surface area contributed by atoms with Crippen LogP contribution in [0.3, 0.4) is 0 Å². The smallest absolute Gasteiger partial charge is 0.223 e. The van der Waals surface area contributed by atoms with E-state index in [1.807, 2.05) is 0 Å². The Morgan fingerprint density at radius 3 is 2.83 bits per heavy atom. The molecule has 0 unspecified atom stereocenters. The van der Waals surface area contributed by atoms with Crippen molar-refractivity contribution in [3.05, 3.63) is 18.0 Å². The predicted molar refractivity (Wildman–Crippen MR) is 87.4 cm³/mol. The Bertz CT molecular complexity index is 517. The highest BCUT2D eigenvalue weighted by atomic mass is 16.1. The van der Waals surface area contributed by atoms with Gasteiger partial charge in [0, 0.05) is 19.0 Å². The molecule has 0 aliphatic heterocycles. The average Bonchev–Trinajstić information content (AvgIpc) is 3.09. The largest absolute Gasteiger partial charge is 0.356 e. The van der Waals surface area contributed by atoms with Crippen molar-refractivity contribution < 1.29 is 4.79 Å². The highest BCUT2D eigenvalue weighted by molar-refractivity contribution is 5.78. The van der Waals surface area contributed by atoms with Crippen LogP contribution in [0.1, 0.15) is 57.8 Å². The average molecular weight is 317 g/mol. The molecule has 1 saturated carbocycles. The number of aromatic nitrogens is 4. The van der Waals surface area contributed by atoms with Gasteiger partial charge >= 0.3 is 0 Å². The first-order valence-corrected chi connectivity index (χ1v) is 8.97. The SMILES string of the molecule is O=C(NCCC1=CCCCC1)C1CCC(Cn2cnnn2)CC1. The standard InChI is InChI=1S/C17H27N5O/c23-17(18-11-10-14-4-2-1-3-5-14)16-8-6-15(7-9-16)12-22-13-19-20-21-22/h4,13,15-16H,1-3,5-12H2,(H,18,23). The van der Waals surface area contributed by atoms with Crippen molar-refractivity contribution in [2.45, 2.75) is 64.3 Å². The maximum absolute atomic E-state index is 12.3. The summed E-state index contributed by atoms with van der Waals surface area (Å²) in [5, 5.41) is 14.4. The first-order valence-electron chi connectivity index (χ1n) is 8.97. The lowest BCUT2D eigenvalue weighted by molar-refractivity contribution is -0.126. The summed E-state index contributed by atoms with van der Waals surface area (Å²) in [6, 6.07) is 0. The van der Waals surface area contributed by atoms with E-state index in [0.29, 0.717) is 5.92 Å². The van der Waals surface area contributed by atoms with Gasteiger partial charge in [-0.2, -0.15) is 0 Å². The number of amides is 1. The van der Waals surface area contributed by atoms with Crippen molar-refractivity contribution in [1.82, 2.24) is 25.5 Å². The van der Waals surface area contributed by atoms with Gasteiger partial charge in [-0.15, -0.1) is 5.10 Å². The second-order valence-electron chi connectivity index (χ2n) is 6.90. The Hall–Kier alpha value is -1.72. The molecule has 23 heavy (non-hydrogen) atoms. The molecule has 1 N–H and O–H groups in total. The normalized spacial score (nSPS) is 25.0. The number of tetrazole rings is 1. The van der Waals surface area contributed by atoms with Crippen LogP contribution in [0.25, 0.3) is 0 Å². The van der Waals surface area contributed by atoms with Crippen LogP contribution in [-0.4, -0.2) is 32.7 Å². The van der Waals surface area contributed by atoms with E-state index in [0.717, 1.165) is 45.2 Å². The molecular weight excluding hydrogens is 290 g/mol. The second-order valence-corrected chi connectivity index (χ2v) is 6.90. The molecule has 3 rings (SSSR count). The highest BCUT2D eigenvalue weighted by Gasteiger charge is 2.26. The molecular formula is C17H27N5O. The fraction of sp³-hybridized carbons (Fsp3) is 0.765. The topological polar surface area (TPSA) is 72.7 Å². The number of nitrogens with zero attached hydrogens (tertiary/aromatic N) is 4. The van der Waals surface area contributed by atoms with E-state index in [9.17, 15) is 4.79 Å². The summed E-state index contributed by atoms with van der Waals surface area (Å²) in [5.74, 6) is 1.04. The molecule has 1 amide bonds. The summed E-state index contributed by atoms with van der Waals surface area (Å²) in [5.41, 5.74) is 1.53. The van der Waals surface area contributed by atoms with E-state index in [4.69, 9.17) is 0 Å². The third-order valence-corrected chi connectivity index (χ3v) is 5.18. The lowest BCUT2D eigenvalue weighted by atomic mass is 9.81. The van der Waals surface area contributed by atoms with Crippen molar-refractivity contribution in [2.24, 2.45) is 11.8 Å². The van der Waals surface area contributed by atoms with E-state index in [-0.39, 0.29) is 11.8 Å². The predicted octanol–water partition coefficient (Wildman–Crippen LogP) is 2.49. The van der Waals surface area contributed by atoms with Crippen LogP contribution in [0.15, 0.2) is 18.0 Å². The van der Waals surface area contributed by atoms with Gasteiger partial charge in [0.25, 0.3) is 0 Å². The summed E-state index contributed by atoms with van der Waals surface area (Å²) < 4.78 is 1.79. The van der Waals surface area contributed by atoms with Crippen molar-refractivity contribution in [3.8, 4) is 0 Å². The molecule has 2 aliphatic carbocycles. The Kier molecular flexibility index (Phi) is 5.77. The Labute approximate surface area is 137 Å². The zero-order chi connectivity index (χ0) is 15.9. The van der Waals surface area contributed by atoms with E-state index in [1.54, 1.807) is 11.0 Å².